The molecule has 0 aliphatic rings. The Morgan fingerprint density at radius 3 is 2.50 bits per heavy atom. The number of benzene rings is 1. The van der Waals surface area contributed by atoms with Crippen LogP contribution in [0.5, 0.6) is 0 Å². The van der Waals surface area contributed by atoms with Gasteiger partial charge in [-0.05, 0) is 31.0 Å². The molecule has 1 aromatic carbocycles. The number of amides is 1. The molecule has 0 aliphatic carbocycles. The molecule has 1 N–H and O–H groups in total. The van der Waals surface area contributed by atoms with Crippen LogP contribution in [0.4, 0.5) is 0 Å². The Balaban J connectivity index is 2.10. The molecule has 0 bridgehead atoms. The molecule has 1 amide bonds. The zero-order valence-electron chi connectivity index (χ0n) is 10.6. The highest BCUT2D eigenvalue weighted by Gasteiger charge is 2.15. The Morgan fingerprint density at radius 1 is 1.22 bits per heavy atom. The number of carbonyl (C=O) groups excluding carboxylic acids is 1. The summed E-state index contributed by atoms with van der Waals surface area (Å²) in [5.74, 6) is 0.939. The van der Waals surface area contributed by atoms with Crippen LogP contribution in [-0.4, -0.2) is 5.91 Å². The minimum Gasteiger partial charge on any atom is -0.456 e. The normalized spacial score (nSPS) is 12.1. The van der Waals surface area contributed by atoms with Crippen molar-refractivity contribution in [3.63, 3.8) is 0 Å². The lowest BCUT2D eigenvalue weighted by Gasteiger charge is -2.16. The first-order valence-corrected chi connectivity index (χ1v) is 6.13. The monoisotopic (exact) mass is 243 g/mol. The Kier molecular flexibility index (Phi) is 3.82. The van der Waals surface area contributed by atoms with E-state index >= 15 is 0 Å². The highest BCUT2D eigenvalue weighted by atomic mass is 16.3. The third-order valence-corrected chi connectivity index (χ3v) is 2.88. The lowest BCUT2D eigenvalue weighted by Crippen LogP contribution is -2.27. The van der Waals surface area contributed by atoms with Crippen LogP contribution in [0.1, 0.15) is 41.3 Å². The van der Waals surface area contributed by atoms with E-state index in [0.29, 0.717) is 5.76 Å². The van der Waals surface area contributed by atoms with Crippen molar-refractivity contribution in [1.29, 1.82) is 0 Å². The zero-order chi connectivity index (χ0) is 13.0. The standard InChI is InChI=1S/C15H17NO2/c1-3-13(12-7-5-4-6-8-12)16-15(17)14-10-9-11(2)18-14/h4-10,13H,3H2,1-2H3,(H,16,17). The summed E-state index contributed by atoms with van der Waals surface area (Å²) >= 11 is 0. The molecule has 2 rings (SSSR count). The molecule has 18 heavy (non-hydrogen) atoms. The fourth-order valence-electron chi connectivity index (χ4n) is 1.89. The Bertz CT molecular complexity index is 516. The van der Waals surface area contributed by atoms with Gasteiger partial charge in [0.25, 0.3) is 5.91 Å². The predicted octanol–water partition coefficient (Wildman–Crippen LogP) is 3.47. The maximum Gasteiger partial charge on any atom is 0.287 e. The summed E-state index contributed by atoms with van der Waals surface area (Å²) in [6, 6.07) is 13.4. The second kappa shape index (κ2) is 5.54. The summed E-state index contributed by atoms with van der Waals surface area (Å²) in [4.78, 5) is 12.0. The quantitative estimate of drug-likeness (QED) is 0.893. The van der Waals surface area contributed by atoms with E-state index in [1.54, 1.807) is 12.1 Å². The summed E-state index contributed by atoms with van der Waals surface area (Å²) in [6.07, 6.45) is 0.843. The minimum atomic E-state index is -0.168. The summed E-state index contributed by atoms with van der Waals surface area (Å²) in [5, 5.41) is 2.98. The van der Waals surface area contributed by atoms with E-state index in [1.807, 2.05) is 44.2 Å². The maximum atomic E-state index is 12.0. The molecule has 1 heterocycles. The number of furan rings is 1. The van der Waals surface area contributed by atoms with Gasteiger partial charge in [0.1, 0.15) is 5.76 Å². The van der Waals surface area contributed by atoms with E-state index < -0.39 is 0 Å². The van der Waals surface area contributed by atoms with Gasteiger partial charge >= 0.3 is 0 Å². The number of nitrogens with one attached hydrogen (secondary N) is 1. The van der Waals surface area contributed by atoms with E-state index in [2.05, 4.69) is 5.32 Å². The molecule has 0 saturated heterocycles. The minimum absolute atomic E-state index is 0.0177. The molecule has 3 heteroatoms. The SMILES string of the molecule is CCC(NC(=O)c1ccc(C)o1)c1ccccc1. The van der Waals surface area contributed by atoms with E-state index in [4.69, 9.17) is 4.42 Å². The molecule has 0 aliphatic heterocycles. The highest BCUT2D eigenvalue weighted by Crippen LogP contribution is 2.17. The molecule has 94 valence electrons. The van der Waals surface area contributed by atoms with Crippen LogP contribution in [0.2, 0.25) is 0 Å². The van der Waals surface area contributed by atoms with Gasteiger partial charge in [-0.2, -0.15) is 0 Å². The number of aryl methyl sites for hydroxylation is 1. The number of hydrogen-bond acceptors (Lipinski definition) is 2. The van der Waals surface area contributed by atoms with Gasteiger partial charge < -0.3 is 9.73 Å². The van der Waals surface area contributed by atoms with Gasteiger partial charge in [0.15, 0.2) is 5.76 Å². The third-order valence-electron chi connectivity index (χ3n) is 2.88. The van der Waals surface area contributed by atoms with E-state index in [9.17, 15) is 4.79 Å². The van der Waals surface area contributed by atoms with E-state index in [-0.39, 0.29) is 11.9 Å². The zero-order valence-corrected chi connectivity index (χ0v) is 10.6. The maximum absolute atomic E-state index is 12.0. The van der Waals surface area contributed by atoms with Crippen LogP contribution in [0.25, 0.3) is 0 Å². The summed E-state index contributed by atoms with van der Waals surface area (Å²) in [7, 11) is 0. The number of carbonyl (C=O) groups is 1. The predicted molar refractivity (Wildman–Crippen MR) is 70.4 cm³/mol. The molecule has 2 aromatic rings. The molecule has 1 unspecified atom stereocenters. The van der Waals surface area contributed by atoms with Crippen LogP contribution < -0.4 is 5.32 Å². The number of rotatable bonds is 4. The summed E-state index contributed by atoms with van der Waals surface area (Å²) in [6.45, 7) is 3.87. The van der Waals surface area contributed by atoms with Crippen molar-refractivity contribution in [2.75, 3.05) is 0 Å². The molecule has 0 spiro atoms. The molecule has 0 radical (unpaired) electrons. The largest absolute Gasteiger partial charge is 0.456 e. The van der Waals surface area contributed by atoms with Gasteiger partial charge in [0, 0.05) is 0 Å². The molecular weight excluding hydrogens is 226 g/mol. The second-order valence-corrected chi connectivity index (χ2v) is 4.26. The van der Waals surface area contributed by atoms with Crippen LogP contribution in [0.15, 0.2) is 46.9 Å². The molecule has 0 fully saturated rings. The van der Waals surface area contributed by atoms with Crippen molar-refractivity contribution in [2.24, 2.45) is 0 Å². The van der Waals surface area contributed by atoms with Crippen molar-refractivity contribution < 1.29 is 9.21 Å². The topological polar surface area (TPSA) is 42.2 Å². The van der Waals surface area contributed by atoms with Gasteiger partial charge in [0.2, 0.25) is 0 Å². The molecule has 1 atom stereocenters. The van der Waals surface area contributed by atoms with Crippen LogP contribution in [-0.2, 0) is 0 Å². The molecule has 3 nitrogen and oxygen atoms in total. The van der Waals surface area contributed by atoms with E-state index in [0.717, 1.165) is 17.7 Å². The van der Waals surface area contributed by atoms with Crippen molar-refractivity contribution in [2.45, 2.75) is 26.3 Å². The van der Waals surface area contributed by atoms with Crippen LogP contribution in [0, 0.1) is 6.92 Å². The number of hydrogen-bond donors (Lipinski definition) is 1. The fourth-order valence-corrected chi connectivity index (χ4v) is 1.89. The third kappa shape index (κ3) is 2.80. The average Bonchev–Trinajstić information content (AvgIpc) is 2.83. The lowest BCUT2D eigenvalue weighted by atomic mass is 10.0. The van der Waals surface area contributed by atoms with Crippen LogP contribution in [0.3, 0.4) is 0 Å². The Morgan fingerprint density at radius 2 is 1.94 bits per heavy atom. The Hall–Kier alpha value is -2.03. The first kappa shape index (κ1) is 12.4. The van der Waals surface area contributed by atoms with Gasteiger partial charge in [0.05, 0.1) is 6.04 Å². The van der Waals surface area contributed by atoms with Crippen LogP contribution >= 0.6 is 0 Å². The van der Waals surface area contributed by atoms with Crippen molar-refractivity contribution in [3.05, 3.63) is 59.5 Å². The van der Waals surface area contributed by atoms with Gasteiger partial charge in [-0.25, -0.2) is 0 Å². The smallest absolute Gasteiger partial charge is 0.287 e. The molecule has 0 saturated carbocycles. The first-order valence-electron chi connectivity index (χ1n) is 6.13. The summed E-state index contributed by atoms with van der Waals surface area (Å²) in [5.41, 5.74) is 1.11. The van der Waals surface area contributed by atoms with Crippen molar-refractivity contribution in [1.82, 2.24) is 5.32 Å². The van der Waals surface area contributed by atoms with Crippen molar-refractivity contribution >= 4 is 5.91 Å². The fraction of sp³-hybridized carbons (Fsp3) is 0.267. The molecule has 1 aromatic heterocycles. The molecular formula is C15H17NO2. The van der Waals surface area contributed by atoms with E-state index in [1.165, 1.54) is 0 Å². The lowest BCUT2D eigenvalue weighted by molar-refractivity contribution is 0.0906. The Labute approximate surface area is 107 Å². The second-order valence-electron chi connectivity index (χ2n) is 4.26. The van der Waals surface area contributed by atoms with Gasteiger partial charge in [-0.15, -0.1) is 0 Å². The average molecular weight is 243 g/mol. The first-order chi connectivity index (χ1) is 8.70. The van der Waals surface area contributed by atoms with Gasteiger partial charge in [-0.3, -0.25) is 4.79 Å². The summed E-state index contributed by atoms with van der Waals surface area (Å²) < 4.78 is 5.31. The van der Waals surface area contributed by atoms with Crippen molar-refractivity contribution in [3.8, 4) is 0 Å². The highest BCUT2D eigenvalue weighted by molar-refractivity contribution is 5.91. The van der Waals surface area contributed by atoms with Gasteiger partial charge in [-0.1, -0.05) is 37.3 Å².